The minimum absolute atomic E-state index is 0.00134. The summed E-state index contributed by atoms with van der Waals surface area (Å²) in [6.07, 6.45) is 2.10. The highest BCUT2D eigenvalue weighted by Crippen LogP contribution is 2.23. The summed E-state index contributed by atoms with van der Waals surface area (Å²) in [6, 6.07) is 18.2. The van der Waals surface area contributed by atoms with E-state index >= 15 is 0 Å². The summed E-state index contributed by atoms with van der Waals surface area (Å²) in [5, 5.41) is 11.3. The van der Waals surface area contributed by atoms with Crippen LogP contribution in [0, 0.1) is 11.8 Å². The van der Waals surface area contributed by atoms with E-state index in [0.717, 1.165) is 10.9 Å². The number of aldehydes is 1. The summed E-state index contributed by atoms with van der Waals surface area (Å²) in [5.41, 5.74) is 8.34. The number of fused-ring (bicyclic) bond motifs is 1. The molecule has 8 nitrogen and oxygen atoms in total. The number of rotatable bonds is 7. The topological polar surface area (TPSA) is 134 Å². The first kappa shape index (κ1) is 23.9. The van der Waals surface area contributed by atoms with E-state index in [2.05, 4.69) is 16.8 Å². The quantitative estimate of drug-likeness (QED) is 0.209. The van der Waals surface area contributed by atoms with Crippen LogP contribution >= 0.6 is 0 Å². The highest BCUT2D eigenvalue weighted by atomic mass is 32.2. The van der Waals surface area contributed by atoms with Crippen LogP contribution in [0.5, 0.6) is 0 Å². The lowest BCUT2D eigenvalue weighted by Crippen LogP contribution is -2.40. The lowest BCUT2D eigenvalue weighted by molar-refractivity contribution is -0.120. The summed E-state index contributed by atoms with van der Waals surface area (Å²) < 4.78 is 26.0. The van der Waals surface area contributed by atoms with E-state index in [1.54, 1.807) is 30.5 Å². The third-order valence-electron chi connectivity index (χ3n) is 5.46. The predicted octanol–water partition coefficient (Wildman–Crippen LogP) is 2.86. The lowest BCUT2D eigenvalue weighted by Gasteiger charge is -2.21. The maximum Gasteiger partial charge on any atom is 0.265 e. The molecule has 1 heterocycles. The van der Waals surface area contributed by atoms with E-state index in [4.69, 9.17) is 5.73 Å². The van der Waals surface area contributed by atoms with Gasteiger partial charge in [-0.15, -0.1) is 0 Å². The van der Waals surface area contributed by atoms with Crippen molar-refractivity contribution in [3.8, 4) is 11.8 Å². The number of hydrogen-bond donors (Lipinski definition) is 3. The molecule has 35 heavy (non-hydrogen) atoms. The van der Waals surface area contributed by atoms with Gasteiger partial charge >= 0.3 is 0 Å². The van der Waals surface area contributed by atoms with Crippen LogP contribution in [0.25, 0.3) is 10.9 Å². The number of primary amides is 1. The van der Waals surface area contributed by atoms with Gasteiger partial charge in [-0.1, -0.05) is 34.5 Å². The number of para-hydroxylation sites is 1. The van der Waals surface area contributed by atoms with Gasteiger partial charge in [-0.2, -0.15) is 0 Å². The molecule has 0 unspecified atom stereocenters. The molecular weight excluding hydrogens is 466 g/mol. The fourth-order valence-electron chi connectivity index (χ4n) is 3.56. The molecule has 9 heteroatoms. The Balaban J connectivity index is 1.50. The lowest BCUT2D eigenvalue weighted by atomic mass is 10.1. The SMILES string of the molecule is NC(=O)c1ccc(C#Cc2ccc(S(=O)(=O)N(O)[C@@H](C=O)Cc3c[nH]c4ccccc34)cc2)cc1. The molecule has 0 fully saturated rings. The first-order valence-corrected chi connectivity index (χ1v) is 12.0. The number of nitrogens with one attached hydrogen (secondary N) is 1. The van der Waals surface area contributed by atoms with Gasteiger partial charge in [0.15, 0.2) is 0 Å². The number of hydrogen-bond acceptors (Lipinski definition) is 5. The van der Waals surface area contributed by atoms with E-state index in [1.807, 2.05) is 24.3 Å². The van der Waals surface area contributed by atoms with Crippen LogP contribution in [0.4, 0.5) is 0 Å². The van der Waals surface area contributed by atoms with Crippen molar-refractivity contribution in [2.45, 2.75) is 17.4 Å². The second-order valence-electron chi connectivity index (χ2n) is 7.76. The monoisotopic (exact) mass is 487 g/mol. The summed E-state index contributed by atoms with van der Waals surface area (Å²) in [4.78, 5) is 25.7. The zero-order valence-corrected chi connectivity index (χ0v) is 19.2. The number of hydroxylamine groups is 1. The van der Waals surface area contributed by atoms with Gasteiger partial charge in [0.2, 0.25) is 5.91 Å². The molecule has 1 amide bonds. The molecule has 4 N–H and O–H groups in total. The van der Waals surface area contributed by atoms with Crippen LogP contribution in [0.2, 0.25) is 0 Å². The molecule has 176 valence electrons. The largest absolute Gasteiger partial charge is 0.366 e. The van der Waals surface area contributed by atoms with E-state index in [9.17, 15) is 23.2 Å². The minimum atomic E-state index is -4.35. The van der Waals surface area contributed by atoms with E-state index in [-0.39, 0.29) is 15.8 Å². The summed E-state index contributed by atoms with van der Waals surface area (Å²) in [7, 11) is -4.35. The van der Waals surface area contributed by atoms with Crippen LogP contribution < -0.4 is 5.73 Å². The zero-order chi connectivity index (χ0) is 25.0. The molecule has 1 atom stereocenters. The molecule has 4 aromatic rings. The first-order chi connectivity index (χ1) is 16.8. The average molecular weight is 488 g/mol. The minimum Gasteiger partial charge on any atom is -0.366 e. The number of H-pyrrole nitrogens is 1. The maximum absolute atomic E-state index is 12.9. The van der Waals surface area contributed by atoms with Crippen molar-refractivity contribution in [3.63, 3.8) is 0 Å². The average Bonchev–Trinajstić information content (AvgIpc) is 3.29. The Morgan fingerprint density at radius 1 is 1.00 bits per heavy atom. The molecule has 0 radical (unpaired) electrons. The standard InChI is InChI=1S/C26H21N3O5S/c27-26(31)20-11-7-18(8-12-20)5-6-19-9-13-23(14-10-19)35(33,34)29(32)22(17-30)15-21-16-28-25-4-2-1-3-24(21)25/h1-4,7-14,16-17,22,28,32H,15H2,(H2,27,31)/t22-/m1/s1. The van der Waals surface area contributed by atoms with Crippen LogP contribution in [-0.4, -0.2) is 41.3 Å². The van der Waals surface area contributed by atoms with Gasteiger partial charge in [-0.3, -0.25) is 10.0 Å². The summed E-state index contributed by atoms with van der Waals surface area (Å²) in [6.45, 7) is 0. The van der Waals surface area contributed by atoms with E-state index < -0.39 is 22.0 Å². The first-order valence-electron chi connectivity index (χ1n) is 10.5. The van der Waals surface area contributed by atoms with Crippen molar-refractivity contribution >= 4 is 33.1 Å². The molecule has 3 aromatic carbocycles. The third-order valence-corrected chi connectivity index (χ3v) is 7.09. The number of sulfonamides is 1. The Bertz CT molecular complexity index is 1550. The molecule has 0 aliphatic heterocycles. The molecule has 0 aliphatic carbocycles. The van der Waals surface area contributed by atoms with E-state index in [1.165, 1.54) is 24.3 Å². The Kier molecular flexibility index (Phi) is 6.80. The second-order valence-corrected chi connectivity index (χ2v) is 9.56. The van der Waals surface area contributed by atoms with E-state index in [0.29, 0.717) is 28.5 Å². The second kappa shape index (κ2) is 9.95. The number of nitrogens with zero attached hydrogens (tertiary/aromatic N) is 1. The van der Waals surface area contributed by atoms with Gasteiger partial charge in [-0.25, -0.2) is 8.42 Å². The Morgan fingerprint density at radius 3 is 2.20 bits per heavy atom. The fraction of sp³-hybridized carbons (Fsp3) is 0.0769. The van der Waals surface area contributed by atoms with Crippen LogP contribution in [0.3, 0.4) is 0 Å². The van der Waals surface area contributed by atoms with Gasteiger partial charge in [0.25, 0.3) is 10.0 Å². The zero-order valence-electron chi connectivity index (χ0n) is 18.4. The van der Waals surface area contributed by atoms with Gasteiger partial charge in [0, 0.05) is 40.2 Å². The Labute approximate surface area is 202 Å². The predicted molar refractivity (Wildman–Crippen MR) is 130 cm³/mol. The Hall–Kier alpha value is -4.23. The highest BCUT2D eigenvalue weighted by molar-refractivity contribution is 7.89. The van der Waals surface area contributed by atoms with Crippen LogP contribution in [0.1, 0.15) is 27.0 Å². The molecule has 0 bridgehead atoms. The van der Waals surface area contributed by atoms with Gasteiger partial charge in [-0.05, 0) is 60.2 Å². The van der Waals surface area contributed by atoms with Crippen molar-refractivity contribution in [1.29, 1.82) is 0 Å². The highest BCUT2D eigenvalue weighted by Gasteiger charge is 2.31. The molecule has 4 rings (SSSR count). The van der Waals surface area contributed by atoms with Crippen LogP contribution in [-0.2, 0) is 21.2 Å². The maximum atomic E-state index is 12.9. The number of nitrogens with two attached hydrogens (primary N) is 1. The third kappa shape index (κ3) is 5.15. The van der Waals surface area contributed by atoms with Crippen molar-refractivity contribution < 1.29 is 23.2 Å². The van der Waals surface area contributed by atoms with Crippen molar-refractivity contribution in [1.82, 2.24) is 9.45 Å². The molecule has 0 saturated heterocycles. The summed E-state index contributed by atoms with van der Waals surface area (Å²) >= 11 is 0. The fourth-order valence-corrected chi connectivity index (χ4v) is 4.74. The molecular formula is C26H21N3O5S. The number of amides is 1. The number of aromatic amines is 1. The molecule has 0 spiro atoms. The Morgan fingerprint density at radius 2 is 1.60 bits per heavy atom. The van der Waals surface area contributed by atoms with Crippen molar-refractivity contribution in [3.05, 3.63) is 101 Å². The smallest absolute Gasteiger partial charge is 0.265 e. The molecule has 0 saturated carbocycles. The van der Waals surface area contributed by atoms with Gasteiger partial charge in [0.1, 0.15) is 12.3 Å². The van der Waals surface area contributed by atoms with Gasteiger partial charge in [0.05, 0.1) is 4.90 Å². The normalized spacial score (nSPS) is 12.2. The van der Waals surface area contributed by atoms with Crippen LogP contribution in [0.15, 0.2) is 83.9 Å². The number of carbonyl (C=O) groups is 2. The number of carbonyl (C=O) groups excluding carboxylic acids is 2. The molecule has 1 aromatic heterocycles. The number of benzene rings is 3. The number of aromatic nitrogens is 1. The van der Waals surface area contributed by atoms with Gasteiger partial charge < -0.3 is 15.5 Å². The van der Waals surface area contributed by atoms with Crippen molar-refractivity contribution in [2.24, 2.45) is 5.73 Å². The molecule has 0 aliphatic rings. The van der Waals surface area contributed by atoms with Crippen molar-refractivity contribution in [2.75, 3.05) is 0 Å². The summed E-state index contributed by atoms with van der Waals surface area (Å²) in [5.74, 6) is 5.29.